The lowest BCUT2D eigenvalue weighted by Gasteiger charge is -2.42. The van der Waals surface area contributed by atoms with Crippen LogP contribution in [-0.2, 0) is 7.05 Å². The zero-order chi connectivity index (χ0) is 13.6. The Hall–Kier alpha value is -1.81. The standard InChI is InChI=1S/C15H18N2O2/c1-15(19)8-7-13(15)16-14(18)11-9-17(2)12-6-4-3-5-10(11)12/h3-6,9,13,19H,7-8H2,1-2H3,(H,16,18)/t13-,15-/m1/s1. The van der Waals surface area contributed by atoms with E-state index in [4.69, 9.17) is 0 Å². The van der Waals surface area contributed by atoms with E-state index in [-0.39, 0.29) is 11.9 Å². The lowest BCUT2D eigenvalue weighted by atomic mass is 9.76. The minimum absolute atomic E-state index is 0.109. The summed E-state index contributed by atoms with van der Waals surface area (Å²) in [5.41, 5.74) is 0.939. The fourth-order valence-electron chi connectivity index (χ4n) is 2.69. The van der Waals surface area contributed by atoms with Gasteiger partial charge in [-0.2, -0.15) is 0 Å². The molecule has 1 heterocycles. The molecule has 100 valence electrons. The van der Waals surface area contributed by atoms with E-state index in [9.17, 15) is 9.90 Å². The fourth-order valence-corrected chi connectivity index (χ4v) is 2.69. The molecule has 0 bridgehead atoms. The highest BCUT2D eigenvalue weighted by Crippen LogP contribution is 2.32. The maximum Gasteiger partial charge on any atom is 0.253 e. The van der Waals surface area contributed by atoms with Gasteiger partial charge in [0.2, 0.25) is 0 Å². The minimum atomic E-state index is -0.764. The van der Waals surface area contributed by atoms with Gasteiger partial charge in [-0.15, -0.1) is 0 Å². The zero-order valence-electron chi connectivity index (χ0n) is 11.2. The number of carbonyl (C=O) groups excluding carboxylic acids is 1. The van der Waals surface area contributed by atoms with Crippen molar-refractivity contribution in [2.24, 2.45) is 7.05 Å². The lowest BCUT2D eigenvalue weighted by molar-refractivity contribution is -0.0486. The van der Waals surface area contributed by atoms with E-state index in [0.29, 0.717) is 5.56 Å². The van der Waals surface area contributed by atoms with Crippen molar-refractivity contribution >= 4 is 16.8 Å². The molecule has 0 unspecified atom stereocenters. The van der Waals surface area contributed by atoms with Crippen molar-refractivity contribution in [3.63, 3.8) is 0 Å². The summed E-state index contributed by atoms with van der Waals surface area (Å²) < 4.78 is 1.95. The Morgan fingerprint density at radius 1 is 1.47 bits per heavy atom. The van der Waals surface area contributed by atoms with Crippen molar-refractivity contribution in [2.75, 3.05) is 0 Å². The molecule has 1 fully saturated rings. The van der Waals surface area contributed by atoms with Crippen LogP contribution in [0.2, 0.25) is 0 Å². The Kier molecular flexibility index (Phi) is 2.64. The molecule has 1 aromatic carbocycles. The van der Waals surface area contributed by atoms with Crippen LogP contribution in [0.25, 0.3) is 10.9 Å². The smallest absolute Gasteiger partial charge is 0.253 e. The molecule has 19 heavy (non-hydrogen) atoms. The Balaban J connectivity index is 1.90. The first-order valence-corrected chi connectivity index (χ1v) is 6.56. The number of hydrogen-bond acceptors (Lipinski definition) is 2. The first-order chi connectivity index (χ1) is 8.99. The van der Waals surface area contributed by atoms with Gasteiger partial charge < -0.3 is 15.0 Å². The minimum Gasteiger partial charge on any atom is -0.388 e. The summed E-state index contributed by atoms with van der Waals surface area (Å²) >= 11 is 0. The molecule has 0 aliphatic heterocycles. The third-order valence-electron chi connectivity index (χ3n) is 4.14. The average molecular weight is 258 g/mol. The van der Waals surface area contributed by atoms with Crippen LogP contribution in [0.4, 0.5) is 0 Å². The molecule has 1 aliphatic rings. The van der Waals surface area contributed by atoms with Gasteiger partial charge in [-0.25, -0.2) is 0 Å². The van der Waals surface area contributed by atoms with Crippen molar-refractivity contribution in [3.8, 4) is 0 Å². The normalized spacial score (nSPS) is 26.2. The average Bonchev–Trinajstić information content (AvgIpc) is 2.73. The number of aromatic nitrogens is 1. The van der Waals surface area contributed by atoms with Crippen molar-refractivity contribution in [2.45, 2.75) is 31.4 Å². The van der Waals surface area contributed by atoms with Crippen LogP contribution in [0.3, 0.4) is 0 Å². The quantitative estimate of drug-likeness (QED) is 0.863. The van der Waals surface area contributed by atoms with Crippen LogP contribution in [0.1, 0.15) is 30.1 Å². The third-order valence-corrected chi connectivity index (χ3v) is 4.14. The second-order valence-corrected chi connectivity index (χ2v) is 5.59. The van der Waals surface area contributed by atoms with Crippen LogP contribution < -0.4 is 5.32 Å². The molecule has 0 saturated heterocycles. The van der Waals surface area contributed by atoms with E-state index in [0.717, 1.165) is 23.7 Å². The molecule has 2 atom stereocenters. The van der Waals surface area contributed by atoms with Gasteiger partial charge in [0, 0.05) is 24.1 Å². The maximum atomic E-state index is 12.3. The molecule has 2 N–H and O–H groups in total. The van der Waals surface area contributed by atoms with Gasteiger partial charge in [0.05, 0.1) is 17.2 Å². The molecular formula is C15H18N2O2. The largest absolute Gasteiger partial charge is 0.388 e. The highest BCUT2D eigenvalue weighted by Gasteiger charge is 2.42. The molecule has 1 saturated carbocycles. The molecule has 0 radical (unpaired) electrons. The Labute approximate surface area is 112 Å². The van der Waals surface area contributed by atoms with E-state index in [1.807, 2.05) is 42.1 Å². The molecular weight excluding hydrogens is 240 g/mol. The number of fused-ring (bicyclic) bond motifs is 1. The molecule has 1 aliphatic carbocycles. The van der Waals surface area contributed by atoms with Crippen molar-refractivity contribution < 1.29 is 9.90 Å². The number of aliphatic hydroxyl groups is 1. The second kappa shape index (κ2) is 4.10. The van der Waals surface area contributed by atoms with Crippen LogP contribution >= 0.6 is 0 Å². The van der Waals surface area contributed by atoms with Gasteiger partial charge in [0.15, 0.2) is 0 Å². The van der Waals surface area contributed by atoms with Gasteiger partial charge in [-0.3, -0.25) is 4.79 Å². The summed E-state index contributed by atoms with van der Waals surface area (Å²) in [6, 6.07) is 7.69. The van der Waals surface area contributed by atoms with Crippen molar-refractivity contribution in [1.82, 2.24) is 9.88 Å². The van der Waals surface area contributed by atoms with Gasteiger partial charge in [-0.1, -0.05) is 18.2 Å². The maximum absolute atomic E-state index is 12.3. The van der Waals surface area contributed by atoms with Crippen LogP contribution in [-0.4, -0.2) is 27.2 Å². The first-order valence-electron chi connectivity index (χ1n) is 6.56. The number of rotatable bonds is 2. The van der Waals surface area contributed by atoms with E-state index in [1.165, 1.54) is 0 Å². The highest BCUT2D eigenvalue weighted by atomic mass is 16.3. The molecule has 3 rings (SSSR count). The van der Waals surface area contributed by atoms with Crippen molar-refractivity contribution in [3.05, 3.63) is 36.0 Å². The third kappa shape index (κ3) is 1.92. The van der Waals surface area contributed by atoms with Crippen LogP contribution in [0.15, 0.2) is 30.5 Å². The van der Waals surface area contributed by atoms with Gasteiger partial charge in [0.25, 0.3) is 5.91 Å². The summed E-state index contributed by atoms with van der Waals surface area (Å²) in [7, 11) is 1.93. The SMILES string of the molecule is Cn1cc(C(=O)N[C@@H]2CC[C@@]2(C)O)c2ccccc21. The second-order valence-electron chi connectivity index (χ2n) is 5.59. The predicted octanol–water partition coefficient (Wildman–Crippen LogP) is 1.82. The summed E-state index contributed by atoms with van der Waals surface area (Å²) in [6.07, 6.45) is 3.42. The molecule has 4 heteroatoms. The summed E-state index contributed by atoms with van der Waals surface area (Å²) in [5.74, 6) is -0.109. The summed E-state index contributed by atoms with van der Waals surface area (Å²) in [4.78, 5) is 12.3. The zero-order valence-corrected chi connectivity index (χ0v) is 11.2. The summed E-state index contributed by atoms with van der Waals surface area (Å²) in [6.45, 7) is 1.77. The number of carbonyl (C=O) groups is 1. The number of amides is 1. The molecule has 1 aromatic heterocycles. The van der Waals surface area contributed by atoms with Gasteiger partial charge in [-0.05, 0) is 25.8 Å². The number of aryl methyl sites for hydroxylation is 1. The molecule has 2 aromatic rings. The van der Waals surface area contributed by atoms with Crippen molar-refractivity contribution in [1.29, 1.82) is 0 Å². The highest BCUT2D eigenvalue weighted by molar-refractivity contribution is 6.07. The molecule has 0 spiro atoms. The number of nitrogens with zero attached hydrogens (tertiary/aromatic N) is 1. The van der Waals surface area contributed by atoms with E-state index in [1.54, 1.807) is 6.92 Å². The monoisotopic (exact) mass is 258 g/mol. The summed E-state index contributed by atoms with van der Waals surface area (Å²) in [5, 5.41) is 13.8. The first kappa shape index (κ1) is 12.2. The fraction of sp³-hybridized carbons (Fsp3) is 0.400. The topological polar surface area (TPSA) is 54.3 Å². The number of para-hydroxylation sites is 1. The van der Waals surface area contributed by atoms with Crippen LogP contribution in [0.5, 0.6) is 0 Å². The van der Waals surface area contributed by atoms with E-state index in [2.05, 4.69) is 5.32 Å². The van der Waals surface area contributed by atoms with E-state index < -0.39 is 5.60 Å². The Morgan fingerprint density at radius 3 is 2.84 bits per heavy atom. The molecule has 1 amide bonds. The Bertz CT molecular complexity index is 643. The Morgan fingerprint density at radius 2 is 2.21 bits per heavy atom. The number of nitrogens with one attached hydrogen (secondary N) is 1. The van der Waals surface area contributed by atoms with Crippen LogP contribution in [0, 0.1) is 0 Å². The van der Waals surface area contributed by atoms with Gasteiger partial charge >= 0.3 is 0 Å². The van der Waals surface area contributed by atoms with E-state index >= 15 is 0 Å². The lowest BCUT2D eigenvalue weighted by Crippen LogP contribution is -2.58. The predicted molar refractivity (Wildman–Crippen MR) is 74.0 cm³/mol. The molecule has 4 nitrogen and oxygen atoms in total. The number of hydrogen-bond donors (Lipinski definition) is 2. The van der Waals surface area contributed by atoms with Gasteiger partial charge in [0.1, 0.15) is 0 Å². The number of benzene rings is 1.